The average molecular weight is 226 g/mol. The van der Waals surface area contributed by atoms with Gasteiger partial charge in [0.05, 0.1) is 0 Å². The summed E-state index contributed by atoms with van der Waals surface area (Å²) in [5, 5.41) is 3.29. The van der Waals surface area contributed by atoms with Crippen molar-refractivity contribution in [3.63, 3.8) is 0 Å². The number of aromatic nitrogens is 2. The maximum absolute atomic E-state index is 5.77. The van der Waals surface area contributed by atoms with Crippen LogP contribution < -0.4 is 5.32 Å². The lowest BCUT2D eigenvalue weighted by Gasteiger charge is -2.14. The number of aryl methyl sites for hydroxylation is 1. The van der Waals surface area contributed by atoms with E-state index in [1.807, 2.05) is 13.0 Å². The normalized spacial score (nSPS) is 17.5. The Balaban J connectivity index is 1.88. The third-order valence-corrected chi connectivity index (χ3v) is 3.19. The van der Waals surface area contributed by atoms with Crippen molar-refractivity contribution in [2.45, 2.75) is 26.2 Å². The minimum absolute atomic E-state index is 0.425. The lowest BCUT2D eigenvalue weighted by Crippen LogP contribution is -2.17. The van der Waals surface area contributed by atoms with Crippen LogP contribution in [0, 0.1) is 12.3 Å². The number of alkyl halides is 1. The summed E-state index contributed by atoms with van der Waals surface area (Å²) < 4.78 is 0. The molecule has 1 N–H and O–H groups in total. The predicted molar refractivity (Wildman–Crippen MR) is 62.3 cm³/mol. The van der Waals surface area contributed by atoms with Crippen molar-refractivity contribution in [1.82, 2.24) is 9.97 Å². The molecule has 82 valence electrons. The van der Waals surface area contributed by atoms with Gasteiger partial charge in [-0.3, -0.25) is 0 Å². The van der Waals surface area contributed by atoms with Crippen molar-refractivity contribution in [3.05, 3.63) is 18.0 Å². The maximum Gasteiger partial charge on any atom is 0.222 e. The van der Waals surface area contributed by atoms with E-state index in [2.05, 4.69) is 15.3 Å². The molecule has 1 aliphatic rings. The first-order valence-corrected chi connectivity index (χ1v) is 5.87. The van der Waals surface area contributed by atoms with E-state index in [1.54, 1.807) is 6.20 Å². The molecule has 0 radical (unpaired) electrons. The number of rotatable bonds is 5. The molecular weight excluding hydrogens is 210 g/mol. The molecule has 0 aliphatic heterocycles. The van der Waals surface area contributed by atoms with Crippen LogP contribution in [0.5, 0.6) is 0 Å². The van der Waals surface area contributed by atoms with E-state index in [-0.39, 0.29) is 0 Å². The maximum atomic E-state index is 5.77. The predicted octanol–water partition coefficient (Wildman–Crippen LogP) is 2.61. The quantitative estimate of drug-likeness (QED) is 0.783. The molecule has 0 aromatic carbocycles. The Bertz CT molecular complexity index is 336. The van der Waals surface area contributed by atoms with Crippen LogP contribution in [0.1, 0.15) is 25.0 Å². The molecule has 1 aromatic heterocycles. The SMILES string of the molecule is Cc1ccnc(NCC2(CCCl)CC2)n1. The second-order valence-corrected chi connectivity index (χ2v) is 4.69. The molecule has 15 heavy (non-hydrogen) atoms. The summed E-state index contributed by atoms with van der Waals surface area (Å²) in [5.74, 6) is 1.48. The molecule has 0 spiro atoms. The Hall–Kier alpha value is -0.830. The standard InChI is InChI=1S/C11H16ClN3/c1-9-2-7-13-10(15-9)14-8-11(3-4-11)5-6-12/h2,7H,3-6,8H2,1H3,(H,13,14,15). The van der Waals surface area contributed by atoms with Gasteiger partial charge < -0.3 is 5.32 Å². The van der Waals surface area contributed by atoms with Gasteiger partial charge in [0.15, 0.2) is 0 Å². The van der Waals surface area contributed by atoms with Crippen LogP contribution in [0.15, 0.2) is 12.3 Å². The van der Waals surface area contributed by atoms with Gasteiger partial charge in [-0.05, 0) is 37.7 Å². The molecule has 0 unspecified atom stereocenters. The topological polar surface area (TPSA) is 37.8 Å². The van der Waals surface area contributed by atoms with E-state index in [0.29, 0.717) is 5.41 Å². The highest BCUT2D eigenvalue weighted by Gasteiger charge is 2.41. The van der Waals surface area contributed by atoms with Gasteiger partial charge in [-0.2, -0.15) is 0 Å². The fourth-order valence-corrected chi connectivity index (χ4v) is 2.09. The molecule has 1 aromatic rings. The summed E-state index contributed by atoms with van der Waals surface area (Å²) >= 11 is 5.77. The second-order valence-electron chi connectivity index (χ2n) is 4.31. The third kappa shape index (κ3) is 2.81. The third-order valence-electron chi connectivity index (χ3n) is 3.00. The summed E-state index contributed by atoms with van der Waals surface area (Å²) in [4.78, 5) is 8.48. The molecule has 1 aliphatic carbocycles. The Labute approximate surface area is 95.3 Å². The first-order valence-electron chi connectivity index (χ1n) is 5.34. The number of halogens is 1. The Morgan fingerprint density at radius 2 is 2.33 bits per heavy atom. The van der Waals surface area contributed by atoms with Gasteiger partial charge >= 0.3 is 0 Å². The molecule has 3 nitrogen and oxygen atoms in total. The lowest BCUT2D eigenvalue weighted by molar-refractivity contribution is 0.523. The summed E-state index contributed by atoms with van der Waals surface area (Å²) in [6.45, 7) is 2.92. The van der Waals surface area contributed by atoms with Crippen LogP contribution in [0.4, 0.5) is 5.95 Å². The van der Waals surface area contributed by atoms with E-state index in [1.165, 1.54) is 12.8 Å². The molecule has 0 atom stereocenters. The monoisotopic (exact) mass is 225 g/mol. The van der Waals surface area contributed by atoms with Crippen molar-refractivity contribution in [1.29, 1.82) is 0 Å². The van der Waals surface area contributed by atoms with Crippen molar-refractivity contribution >= 4 is 17.5 Å². The van der Waals surface area contributed by atoms with Gasteiger partial charge in [-0.15, -0.1) is 11.6 Å². The van der Waals surface area contributed by atoms with Crippen LogP contribution in [-0.4, -0.2) is 22.4 Å². The highest BCUT2D eigenvalue weighted by molar-refractivity contribution is 6.17. The van der Waals surface area contributed by atoms with Crippen LogP contribution in [0.2, 0.25) is 0 Å². The van der Waals surface area contributed by atoms with Crippen LogP contribution in [0.3, 0.4) is 0 Å². The van der Waals surface area contributed by atoms with Gasteiger partial charge in [-0.1, -0.05) is 0 Å². The van der Waals surface area contributed by atoms with E-state index < -0.39 is 0 Å². The summed E-state index contributed by atoms with van der Waals surface area (Å²) in [6.07, 6.45) is 5.43. The molecule has 0 saturated heterocycles. The minimum Gasteiger partial charge on any atom is -0.354 e. The molecule has 1 saturated carbocycles. The summed E-state index contributed by atoms with van der Waals surface area (Å²) in [7, 11) is 0. The Morgan fingerprint density at radius 3 is 2.93 bits per heavy atom. The molecule has 1 heterocycles. The summed E-state index contributed by atoms with van der Waals surface area (Å²) in [6, 6.07) is 1.90. The number of hydrogen-bond acceptors (Lipinski definition) is 3. The minimum atomic E-state index is 0.425. The second kappa shape index (κ2) is 4.35. The number of nitrogens with one attached hydrogen (secondary N) is 1. The van der Waals surface area contributed by atoms with E-state index >= 15 is 0 Å². The first kappa shape index (κ1) is 10.7. The lowest BCUT2D eigenvalue weighted by atomic mass is 10.0. The van der Waals surface area contributed by atoms with Gasteiger partial charge in [0.1, 0.15) is 0 Å². The molecule has 0 amide bonds. The number of hydrogen-bond donors (Lipinski definition) is 1. The van der Waals surface area contributed by atoms with E-state index in [0.717, 1.165) is 30.5 Å². The van der Waals surface area contributed by atoms with Crippen molar-refractivity contribution in [2.75, 3.05) is 17.7 Å². The van der Waals surface area contributed by atoms with Crippen molar-refractivity contribution in [2.24, 2.45) is 5.41 Å². The molecule has 0 bridgehead atoms. The van der Waals surface area contributed by atoms with Gasteiger partial charge in [-0.25, -0.2) is 9.97 Å². The fourth-order valence-electron chi connectivity index (χ4n) is 1.69. The van der Waals surface area contributed by atoms with Crippen LogP contribution in [0.25, 0.3) is 0 Å². The molecule has 2 rings (SSSR count). The van der Waals surface area contributed by atoms with Crippen LogP contribution >= 0.6 is 11.6 Å². The zero-order valence-electron chi connectivity index (χ0n) is 8.96. The van der Waals surface area contributed by atoms with Crippen molar-refractivity contribution in [3.8, 4) is 0 Å². The van der Waals surface area contributed by atoms with Crippen molar-refractivity contribution < 1.29 is 0 Å². The highest BCUT2D eigenvalue weighted by atomic mass is 35.5. The van der Waals surface area contributed by atoms with Gasteiger partial charge in [0.25, 0.3) is 0 Å². The van der Waals surface area contributed by atoms with E-state index in [4.69, 9.17) is 11.6 Å². The van der Waals surface area contributed by atoms with Crippen LogP contribution in [-0.2, 0) is 0 Å². The van der Waals surface area contributed by atoms with Gasteiger partial charge in [0.2, 0.25) is 5.95 Å². The zero-order chi connectivity index (χ0) is 10.7. The smallest absolute Gasteiger partial charge is 0.222 e. The zero-order valence-corrected chi connectivity index (χ0v) is 9.72. The average Bonchev–Trinajstić information content (AvgIpc) is 2.97. The fraction of sp³-hybridized carbons (Fsp3) is 0.636. The Morgan fingerprint density at radius 1 is 1.53 bits per heavy atom. The Kier molecular flexibility index (Phi) is 3.10. The number of anilines is 1. The first-order chi connectivity index (χ1) is 7.24. The van der Waals surface area contributed by atoms with E-state index in [9.17, 15) is 0 Å². The largest absolute Gasteiger partial charge is 0.354 e. The highest BCUT2D eigenvalue weighted by Crippen LogP contribution is 2.48. The molecule has 4 heteroatoms. The summed E-state index contributed by atoms with van der Waals surface area (Å²) in [5.41, 5.74) is 1.42. The van der Waals surface area contributed by atoms with Gasteiger partial charge in [0, 0.05) is 24.3 Å². The molecular formula is C11H16ClN3. The molecule has 1 fully saturated rings. The number of nitrogens with zero attached hydrogens (tertiary/aromatic N) is 2.